The van der Waals surface area contributed by atoms with Crippen LogP contribution < -0.4 is 5.32 Å². The van der Waals surface area contributed by atoms with Crippen molar-refractivity contribution in [3.8, 4) is 0 Å². The van der Waals surface area contributed by atoms with Crippen molar-refractivity contribution in [2.45, 2.75) is 59.9 Å². The van der Waals surface area contributed by atoms with Crippen LogP contribution in [0.1, 0.15) is 53.0 Å². The highest BCUT2D eigenvalue weighted by Crippen LogP contribution is 2.30. The molecule has 0 fully saturated rings. The molecule has 1 aromatic rings. The molecule has 0 saturated carbocycles. The third kappa shape index (κ3) is 6.13. The fourth-order valence-electron chi connectivity index (χ4n) is 2.33. The highest BCUT2D eigenvalue weighted by atomic mass is 19.1. The number of hydrogen-bond donors (Lipinski definition) is 1. The van der Waals surface area contributed by atoms with Gasteiger partial charge in [-0.3, -0.25) is 0 Å². The Morgan fingerprint density at radius 2 is 1.86 bits per heavy atom. The van der Waals surface area contributed by atoms with Crippen LogP contribution in [-0.2, 0) is 6.42 Å². The minimum absolute atomic E-state index is 0.176. The molecule has 0 aliphatic rings. The summed E-state index contributed by atoms with van der Waals surface area (Å²) in [5.41, 5.74) is 0.678. The van der Waals surface area contributed by atoms with Crippen LogP contribution in [0.2, 0.25) is 0 Å². The van der Waals surface area contributed by atoms with Gasteiger partial charge in [0.25, 0.3) is 0 Å². The first-order chi connectivity index (χ1) is 9.74. The van der Waals surface area contributed by atoms with Gasteiger partial charge in [0.15, 0.2) is 0 Å². The number of nitrogens with one attached hydrogen (secondary N) is 1. The first-order valence-corrected chi connectivity index (χ1v) is 7.91. The van der Waals surface area contributed by atoms with Crippen LogP contribution in [0.3, 0.4) is 0 Å². The van der Waals surface area contributed by atoms with Crippen molar-refractivity contribution in [2.75, 3.05) is 6.54 Å². The Bertz CT molecular complexity index is 437. The molecule has 0 radical (unpaired) electrons. The normalized spacial score (nSPS) is 15.0. The molecule has 0 saturated heterocycles. The first-order valence-electron chi connectivity index (χ1n) is 7.91. The maximum Gasteiger partial charge on any atom is 0.126 e. The summed E-state index contributed by atoms with van der Waals surface area (Å²) in [5, 5.41) is 3.48. The molecule has 2 unspecified atom stereocenters. The Hall–Kier alpha value is -0.960. The number of rotatable bonds is 7. The van der Waals surface area contributed by atoms with Gasteiger partial charge >= 0.3 is 0 Å². The summed E-state index contributed by atoms with van der Waals surface area (Å²) >= 11 is 0. The van der Waals surface area contributed by atoms with Gasteiger partial charge in [-0.25, -0.2) is 8.78 Å². The van der Waals surface area contributed by atoms with E-state index in [1.54, 1.807) is 0 Å². The predicted octanol–water partition coefficient (Wildman–Crippen LogP) is 4.95. The van der Waals surface area contributed by atoms with E-state index in [1.807, 2.05) is 0 Å². The Morgan fingerprint density at radius 1 is 1.19 bits per heavy atom. The second-order valence-electron chi connectivity index (χ2n) is 7.09. The number of hydrogen-bond acceptors (Lipinski definition) is 1. The molecule has 0 spiro atoms. The monoisotopic (exact) mass is 297 g/mol. The molecule has 0 bridgehead atoms. The second kappa shape index (κ2) is 7.88. The number of halogens is 2. The standard InChI is InChI=1S/C18H29F2N/c1-6-9-21-16(10-13(2)18(3,4)5)12-14-11-15(19)7-8-17(14)20/h7-8,11,13,16,21H,6,9-10,12H2,1-5H3. The average molecular weight is 297 g/mol. The average Bonchev–Trinajstić information content (AvgIpc) is 2.39. The molecule has 120 valence electrons. The van der Waals surface area contributed by atoms with Gasteiger partial charge in [-0.1, -0.05) is 34.6 Å². The molecule has 21 heavy (non-hydrogen) atoms. The molecule has 2 atom stereocenters. The fourth-order valence-corrected chi connectivity index (χ4v) is 2.33. The highest BCUT2D eigenvalue weighted by Gasteiger charge is 2.24. The van der Waals surface area contributed by atoms with Gasteiger partial charge in [-0.05, 0) is 60.9 Å². The summed E-state index contributed by atoms with van der Waals surface area (Å²) in [6, 6.07) is 3.88. The van der Waals surface area contributed by atoms with E-state index < -0.39 is 0 Å². The lowest BCUT2D eigenvalue weighted by Crippen LogP contribution is -2.36. The van der Waals surface area contributed by atoms with Gasteiger partial charge in [0.2, 0.25) is 0 Å². The molecule has 3 heteroatoms. The van der Waals surface area contributed by atoms with E-state index in [2.05, 4.69) is 39.9 Å². The predicted molar refractivity (Wildman–Crippen MR) is 85.4 cm³/mol. The summed E-state index contributed by atoms with van der Waals surface area (Å²) in [7, 11) is 0. The fraction of sp³-hybridized carbons (Fsp3) is 0.667. The Morgan fingerprint density at radius 3 is 2.43 bits per heavy atom. The number of benzene rings is 1. The Kier molecular flexibility index (Phi) is 6.79. The molecular formula is C18H29F2N. The summed E-state index contributed by atoms with van der Waals surface area (Å²) in [5.74, 6) is -0.184. The lowest BCUT2D eigenvalue weighted by atomic mass is 9.77. The van der Waals surface area contributed by atoms with E-state index in [0.29, 0.717) is 17.9 Å². The second-order valence-corrected chi connectivity index (χ2v) is 7.09. The van der Waals surface area contributed by atoms with E-state index in [9.17, 15) is 8.78 Å². The van der Waals surface area contributed by atoms with Crippen molar-refractivity contribution in [2.24, 2.45) is 11.3 Å². The minimum atomic E-state index is -0.371. The van der Waals surface area contributed by atoms with E-state index in [0.717, 1.165) is 19.4 Å². The van der Waals surface area contributed by atoms with Crippen molar-refractivity contribution < 1.29 is 8.78 Å². The molecule has 0 aromatic heterocycles. The lowest BCUT2D eigenvalue weighted by molar-refractivity contribution is 0.221. The van der Waals surface area contributed by atoms with Crippen LogP contribution in [0.15, 0.2) is 18.2 Å². The molecule has 1 aromatic carbocycles. The van der Waals surface area contributed by atoms with E-state index in [1.165, 1.54) is 18.2 Å². The van der Waals surface area contributed by atoms with Gasteiger partial charge in [0.05, 0.1) is 0 Å². The minimum Gasteiger partial charge on any atom is -0.314 e. The van der Waals surface area contributed by atoms with Gasteiger partial charge in [-0.2, -0.15) is 0 Å². The van der Waals surface area contributed by atoms with E-state index in [-0.39, 0.29) is 23.1 Å². The zero-order valence-electron chi connectivity index (χ0n) is 14.0. The zero-order valence-corrected chi connectivity index (χ0v) is 14.0. The van der Waals surface area contributed by atoms with Gasteiger partial charge in [-0.15, -0.1) is 0 Å². The Balaban J connectivity index is 2.80. The molecule has 0 amide bonds. The van der Waals surface area contributed by atoms with Gasteiger partial charge in [0.1, 0.15) is 11.6 Å². The molecule has 1 nitrogen and oxygen atoms in total. The Labute approximate surface area is 128 Å². The van der Waals surface area contributed by atoms with Gasteiger partial charge < -0.3 is 5.32 Å². The largest absolute Gasteiger partial charge is 0.314 e. The third-order valence-electron chi connectivity index (χ3n) is 4.27. The maximum atomic E-state index is 13.8. The molecular weight excluding hydrogens is 268 g/mol. The molecule has 0 aliphatic carbocycles. The first kappa shape index (κ1) is 18.1. The third-order valence-corrected chi connectivity index (χ3v) is 4.27. The highest BCUT2D eigenvalue weighted by molar-refractivity contribution is 5.19. The van der Waals surface area contributed by atoms with E-state index >= 15 is 0 Å². The van der Waals surface area contributed by atoms with Crippen molar-refractivity contribution in [1.82, 2.24) is 5.32 Å². The smallest absolute Gasteiger partial charge is 0.126 e. The van der Waals surface area contributed by atoms with Crippen molar-refractivity contribution in [1.29, 1.82) is 0 Å². The van der Waals surface area contributed by atoms with Crippen LogP contribution in [0.5, 0.6) is 0 Å². The quantitative estimate of drug-likeness (QED) is 0.751. The van der Waals surface area contributed by atoms with Crippen LogP contribution in [-0.4, -0.2) is 12.6 Å². The summed E-state index contributed by atoms with van der Waals surface area (Å²) in [4.78, 5) is 0. The molecule has 0 heterocycles. The lowest BCUT2D eigenvalue weighted by Gasteiger charge is -2.31. The summed E-state index contributed by atoms with van der Waals surface area (Å²) < 4.78 is 27.1. The SMILES string of the molecule is CCCNC(Cc1cc(F)ccc1F)CC(C)C(C)(C)C. The van der Waals surface area contributed by atoms with Crippen molar-refractivity contribution in [3.05, 3.63) is 35.4 Å². The van der Waals surface area contributed by atoms with Crippen LogP contribution >= 0.6 is 0 Å². The molecule has 1 N–H and O–H groups in total. The van der Waals surface area contributed by atoms with Crippen molar-refractivity contribution >= 4 is 0 Å². The van der Waals surface area contributed by atoms with Crippen LogP contribution in [0.4, 0.5) is 8.78 Å². The maximum absolute atomic E-state index is 13.8. The van der Waals surface area contributed by atoms with Crippen LogP contribution in [0.25, 0.3) is 0 Å². The molecule has 0 aliphatic heterocycles. The summed E-state index contributed by atoms with van der Waals surface area (Å²) in [6.45, 7) is 11.9. The van der Waals surface area contributed by atoms with E-state index in [4.69, 9.17) is 0 Å². The van der Waals surface area contributed by atoms with Crippen LogP contribution in [0, 0.1) is 23.0 Å². The molecule has 1 rings (SSSR count). The zero-order chi connectivity index (χ0) is 16.0. The summed E-state index contributed by atoms with van der Waals surface area (Å²) in [6.07, 6.45) is 2.52. The topological polar surface area (TPSA) is 12.0 Å². The van der Waals surface area contributed by atoms with Crippen molar-refractivity contribution in [3.63, 3.8) is 0 Å². The van der Waals surface area contributed by atoms with Gasteiger partial charge in [0, 0.05) is 6.04 Å².